The number of esters is 1. The highest BCUT2D eigenvalue weighted by molar-refractivity contribution is 6.00. The number of carbonyl (C=O) groups excluding carboxylic acids is 2. The summed E-state index contributed by atoms with van der Waals surface area (Å²) in [6.07, 6.45) is 1.34. The summed E-state index contributed by atoms with van der Waals surface area (Å²) in [5, 5.41) is 2.51. The third-order valence-electron chi connectivity index (χ3n) is 3.07. The summed E-state index contributed by atoms with van der Waals surface area (Å²) in [5.41, 5.74) is 0.0505. The number of rotatable bonds is 3. The summed E-state index contributed by atoms with van der Waals surface area (Å²) in [5.74, 6) is -3.26. The highest BCUT2D eigenvalue weighted by Gasteiger charge is 2.43. The van der Waals surface area contributed by atoms with Crippen molar-refractivity contribution in [1.82, 2.24) is 10.3 Å². The fourth-order valence-corrected chi connectivity index (χ4v) is 2.09. The van der Waals surface area contributed by atoms with Gasteiger partial charge in [-0.1, -0.05) is 0 Å². The summed E-state index contributed by atoms with van der Waals surface area (Å²) in [7, 11) is 2.58. The lowest BCUT2D eigenvalue weighted by Gasteiger charge is -2.15. The number of nitrogens with zero attached hydrogens (tertiary/aromatic N) is 1. The number of hydrogen-bond acceptors (Lipinski definition) is 5. The first kappa shape index (κ1) is 13.3. The molecule has 1 saturated heterocycles. The monoisotopic (exact) mass is 268 g/mol. The van der Waals surface area contributed by atoms with E-state index in [9.17, 15) is 14.0 Å². The first-order valence-corrected chi connectivity index (χ1v) is 5.63. The molecule has 6 nitrogen and oxygen atoms in total. The van der Waals surface area contributed by atoms with E-state index in [1.165, 1.54) is 26.5 Å². The number of nitrogens with one attached hydrogen (secondary N) is 1. The smallest absolute Gasteiger partial charge is 0.318 e. The zero-order chi connectivity index (χ0) is 14.0. The first-order valence-electron chi connectivity index (χ1n) is 5.63. The summed E-state index contributed by atoms with van der Waals surface area (Å²) >= 11 is 0. The van der Waals surface area contributed by atoms with E-state index in [-0.39, 0.29) is 18.0 Å². The van der Waals surface area contributed by atoms with E-state index in [0.29, 0.717) is 0 Å². The Morgan fingerprint density at radius 2 is 2.26 bits per heavy atom. The van der Waals surface area contributed by atoms with Gasteiger partial charge in [0.25, 0.3) is 0 Å². The molecule has 0 spiro atoms. The van der Waals surface area contributed by atoms with Gasteiger partial charge in [-0.05, 0) is 0 Å². The lowest BCUT2D eigenvalue weighted by molar-refractivity contribution is -0.149. The number of pyridine rings is 1. The van der Waals surface area contributed by atoms with Gasteiger partial charge in [0.1, 0.15) is 17.5 Å². The number of aromatic nitrogens is 1. The van der Waals surface area contributed by atoms with Crippen molar-refractivity contribution >= 4 is 11.9 Å². The molecular weight excluding hydrogens is 255 g/mol. The lowest BCUT2D eigenvalue weighted by Crippen LogP contribution is -2.28. The molecule has 1 aromatic rings. The molecule has 19 heavy (non-hydrogen) atoms. The second-order valence-corrected chi connectivity index (χ2v) is 4.09. The van der Waals surface area contributed by atoms with Gasteiger partial charge in [0.05, 0.1) is 26.1 Å². The normalized spacial score (nSPS) is 21.9. The summed E-state index contributed by atoms with van der Waals surface area (Å²) in [6, 6.07) is 1.17. The minimum Gasteiger partial charge on any atom is -0.495 e. The molecule has 0 bridgehead atoms. The predicted molar refractivity (Wildman–Crippen MR) is 62.0 cm³/mol. The minimum absolute atomic E-state index is 0.0505. The van der Waals surface area contributed by atoms with Gasteiger partial charge in [0.15, 0.2) is 0 Å². The van der Waals surface area contributed by atoms with Gasteiger partial charge < -0.3 is 14.8 Å². The third kappa shape index (κ3) is 2.35. The molecule has 1 amide bonds. The summed E-state index contributed by atoms with van der Waals surface area (Å²) < 4.78 is 23.3. The molecule has 0 radical (unpaired) electrons. The maximum absolute atomic E-state index is 13.9. The van der Waals surface area contributed by atoms with E-state index in [1.807, 2.05) is 0 Å². The largest absolute Gasteiger partial charge is 0.495 e. The van der Waals surface area contributed by atoms with Crippen molar-refractivity contribution < 1.29 is 23.5 Å². The van der Waals surface area contributed by atoms with Crippen molar-refractivity contribution in [3.63, 3.8) is 0 Å². The van der Waals surface area contributed by atoms with Crippen molar-refractivity contribution in [1.29, 1.82) is 0 Å². The van der Waals surface area contributed by atoms with Gasteiger partial charge in [0, 0.05) is 18.5 Å². The third-order valence-corrected chi connectivity index (χ3v) is 3.07. The summed E-state index contributed by atoms with van der Waals surface area (Å²) in [6.45, 7) is 0.148. The highest BCUT2D eigenvalue weighted by Crippen LogP contribution is 2.31. The molecule has 2 unspecified atom stereocenters. The molecule has 2 rings (SSSR count). The molecule has 1 fully saturated rings. The molecule has 7 heteroatoms. The Morgan fingerprint density at radius 1 is 1.53 bits per heavy atom. The Morgan fingerprint density at radius 3 is 2.84 bits per heavy atom. The van der Waals surface area contributed by atoms with Gasteiger partial charge in [-0.15, -0.1) is 0 Å². The van der Waals surface area contributed by atoms with Gasteiger partial charge in [-0.2, -0.15) is 0 Å². The molecular formula is C12H13FN2O4. The van der Waals surface area contributed by atoms with Crippen molar-refractivity contribution in [2.24, 2.45) is 5.92 Å². The van der Waals surface area contributed by atoms with E-state index >= 15 is 0 Å². The fraction of sp³-hybridized carbons (Fsp3) is 0.417. The van der Waals surface area contributed by atoms with Gasteiger partial charge in [-0.3, -0.25) is 14.6 Å². The number of carbonyl (C=O) groups is 2. The average Bonchev–Trinajstić information content (AvgIpc) is 2.79. The number of methoxy groups -OCH3 is 2. The maximum Gasteiger partial charge on any atom is 0.318 e. The van der Waals surface area contributed by atoms with E-state index in [4.69, 9.17) is 4.74 Å². The van der Waals surface area contributed by atoms with E-state index in [0.717, 1.165) is 0 Å². The van der Waals surface area contributed by atoms with Gasteiger partial charge in [0.2, 0.25) is 5.91 Å². The number of ether oxygens (including phenoxy) is 2. The summed E-state index contributed by atoms with van der Waals surface area (Å²) in [4.78, 5) is 27.1. The molecule has 1 aliphatic rings. The second-order valence-electron chi connectivity index (χ2n) is 4.09. The Labute approximate surface area is 108 Å². The van der Waals surface area contributed by atoms with Crippen LogP contribution in [0.1, 0.15) is 11.6 Å². The van der Waals surface area contributed by atoms with Crippen LogP contribution in [0, 0.1) is 11.7 Å². The zero-order valence-electron chi connectivity index (χ0n) is 10.5. The Hall–Kier alpha value is -2.18. The van der Waals surface area contributed by atoms with Crippen LogP contribution in [0.5, 0.6) is 5.75 Å². The molecule has 1 N–H and O–H groups in total. The van der Waals surface area contributed by atoms with E-state index in [2.05, 4.69) is 15.0 Å². The molecule has 2 atom stereocenters. The van der Waals surface area contributed by atoms with Crippen molar-refractivity contribution in [2.75, 3.05) is 20.8 Å². The average molecular weight is 268 g/mol. The zero-order valence-corrected chi connectivity index (χ0v) is 10.5. The van der Waals surface area contributed by atoms with Crippen LogP contribution in [0.15, 0.2) is 12.3 Å². The molecule has 0 aliphatic carbocycles. The van der Waals surface area contributed by atoms with Crippen molar-refractivity contribution in [3.8, 4) is 5.75 Å². The molecule has 1 aliphatic heterocycles. The number of halogens is 1. The van der Waals surface area contributed by atoms with E-state index in [1.54, 1.807) is 0 Å². The topological polar surface area (TPSA) is 77.5 Å². The van der Waals surface area contributed by atoms with Crippen LogP contribution in [0.2, 0.25) is 0 Å². The van der Waals surface area contributed by atoms with Crippen LogP contribution < -0.4 is 10.1 Å². The SMILES string of the molecule is COC(=O)C1C(=O)NCC1c1ncc(OC)cc1F. The Bertz CT molecular complexity index is 520. The van der Waals surface area contributed by atoms with Crippen LogP contribution in [0.4, 0.5) is 4.39 Å². The van der Waals surface area contributed by atoms with Gasteiger partial charge >= 0.3 is 5.97 Å². The molecule has 0 saturated carbocycles. The number of hydrogen-bond donors (Lipinski definition) is 1. The Balaban J connectivity index is 2.35. The van der Waals surface area contributed by atoms with Crippen LogP contribution in [0.3, 0.4) is 0 Å². The maximum atomic E-state index is 13.9. The molecule has 102 valence electrons. The van der Waals surface area contributed by atoms with Gasteiger partial charge in [-0.25, -0.2) is 4.39 Å². The quantitative estimate of drug-likeness (QED) is 0.627. The highest BCUT2D eigenvalue weighted by atomic mass is 19.1. The minimum atomic E-state index is -1.07. The van der Waals surface area contributed by atoms with Crippen LogP contribution >= 0.6 is 0 Å². The number of amides is 1. The first-order chi connectivity index (χ1) is 9.08. The predicted octanol–water partition coefficient (Wildman–Crippen LogP) is 0.232. The Kier molecular flexibility index (Phi) is 3.64. The second kappa shape index (κ2) is 5.21. The van der Waals surface area contributed by atoms with Crippen LogP contribution in [-0.4, -0.2) is 37.6 Å². The fourth-order valence-electron chi connectivity index (χ4n) is 2.09. The molecule has 2 heterocycles. The lowest BCUT2D eigenvalue weighted by atomic mass is 9.91. The van der Waals surface area contributed by atoms with Crippen molar-refractivity contribution in [2.45, 2.75) is 5.92 Å². The molecule has 1 aromatic heterocycles. The van der Waals surface area contributed by atoms with Crippen LogP contribution in [0.25, 0.3) is 0 Å². The van der Waals surface area contributed by atoms with Crippen molar-refractivity contribution in [3.05, 3.63) is 23.8 Å². The van der Waals surface area contributed by atoms with Crippen LogP contribution in [-0.2, 0) is 14.3 Å². The molecule has 0 aromatic carbocycles. The standard InChI is InChI=1S/C12H13FN2O4/c1-18-6-3-8(13)10(14-4-6)7-5-15-11(16)9(7)12(17)19-2/h3-4,7,9H,5H2,1-2H3,(H,15,16). The van der Waals surface area contributed by atoms with E-state index < -0.39 is 29.5 Å².